The van der Waals surface area contributed by atoms with Gasteiger partial charge in [-0.15, -0.1) is 0 Å². The minimum atomic E-state index is -3.84. The molecule has 50 heteroatoms. The number of esters is 10. The number of carbonyl (C=O) groups excluding carboxylic acids is 10. The molecular formula is C93H146O43S7. The van der Waals surface area contributed by atoms with Crippen molar-refractivity contribution in [2.45, 2.75) is 391 Å². The molecule has 28 atom stereocenters. The van der Waals surface area contributed by atoms with E-state index in [1.807, 2.05) is 76.2 Å². The molecular weight excluding hydrogens is 2030 g/mol. The SMILES string of the molecule is CCC(C)(C)C(=O)OC1C2CC3C(O2)C1OS3(=O)=O.CCC(C)(C)C(=O)OC1C2CC3C1OS(=O)(=O)C3C2C(=O)OC.CCC(C)(C)C(=O)OC1C2CCCC2OS1(=O)=O.CCC(C)(C)C(=O)OC1CCC2CC1OS2(=O)=O.CCC(C)(C)C(=O)OC1COS(=O)(=O)C1.CCC(C)(C)C(=O)OCCOC(=O)CC(=O)OC1C2CC3C1OS(=O)(=O)C3C2.CCC(C)(C)C(=O)OCCOC1C2CC3C1OS(=O)(=O)C3C2. The third kappa shape index (κ3) is 25.6. The van der Waals surface area contributed by atoms with Crippen molar-refractivity contribution in [1.82, 2.24) is 0 Å². The van der Waals surface area contributed by atoms with Crippen LogP contribution in [0, 0.1) is 85.2 Å². The summed E-state index contributed by atoms with van der Waals surface area (Å²) in [6.45, 7) is 38.5. The highest BCUT2D eigenvalue weighted by Crippen LogP contribution is 2.61. The van der Waals surface area contributed by atoms with Crippen molar-refractivity contribution in [3.8, 4) is 0 Å². The minimum Gasteiger partial charge on any atom is -0.469 e. The summed E-state index contributed by atoms with van der Waals surface area (Å²) in [5, 5.41) is -2.69. The van der Waals surface area contributed by atoms with Gasteiger partial charge >= 0.3 is 69.8 Å². The molecule has 0 spiro atoms. The maximum atomic E-state index is 12.4. The summed E-state index contributed by atoms with van der Waals surface area (Å²) in [5.74, 6) is -6.40. The Morgan fingerprint density at radius 2 is 0.776 bits per heavy atom. The van der Waals surface area contributed by atoms with Crippen molar-refractivity contribution in [3.05, 3.63) is 0 Å². The highest BCUT2D eigenvalue weighted by Gasteiger charge is 2.74. The van der Waals surface area contributed by atoms with E-state index in [4.69, 9.17) is 81.9 Å². The van der Waals surface area contributed by atoms with Crippen LogP contribution in [-0.2, 0) is 205 Å². The van der Waals surface area contributed by atoms with Gasteiger partial charge in [0.2, 0.25) is 5.44 Å². The van der Waals surface area contributed by atoms with Gasteiger partial charge in [-0.3, -0.25) is 77.2 Å². The van der Waals surface area contributed by atoms with E-state index in [9.17, 15) is 107 Å². The van der Waals surface area contributed by atoms with Crippen molar-refractivity contribution < 1.29 is 193 Å². The van der Waals surface area contributed by atoms with Crippen LogP contribution in [0.25, 0.3) is 0 Å². The number of ether oxygens (including phenoxy) is 12. The molecule has 9 heterocycles. The molecule has 0 aromatic carbocycles. The van der Waals surface area contributed by atoms with Crippen LogP contribution >= 0.6 is 0 Å². The van der Waals surface area contributed by atoms with E-state index in [0.717, 1.165) is 25.7 Å². The van der Waals surface area contributed by atoms with Crippen LogP contribution in [0.4, 0.5) is 0 Å². The smallest absolute Gasteiger partial charge is 0.317 e. The van der Waals surface area contributed by atoms with Crippen molar-refractivity contribution in [2.24, 2.45) is 85.2 Å². The highest BCUT2D eigenvalue weighted by molar-refractivity contribution is 7.89. The summed E-state index contributed by atoms with van der Waals surface area (Å²) in [5.41, 5.74) is -5.22. The zero-order valence-corrected chi connectivity index (χ0v) is 91.2. The highest BCUT2D eigenvalue weighted by atomic mass is 32.2. The van der Waals surface area contributed by atoms with Crippen LogP contribution in [0.3, 0.4) is 0 Å². The van der Waals surface area contributed by atoms with Crippen LogP contribution < -0.4 is 0 Å². The van der Waals surface area contributed by atoms with Gasteiger partial charge in [-0.2, -0.15) is 58.9 Å². The van der Waals surface area contributed by atoms with Crippen LogP contribution in [0.15, 0.2) is 0 Å². The second-order valence-electron chi connectivity index (χ2n) is 44.5. The molecule has 0 aromatic heterocycles. The first-order valence-electron chi connectivity index (χ1n) is 49.5. The summed E-state index contributed by atoms with van der Waals surface area (Å²) in [7, 11) is -23.8. The van der Waals surface area contributed by atoms with E-state index < -0.39 is 238 Å². The number of carbonyl (C=O) groups is 10. The average molecular weight is 2180 g/mol. The number of rotatable bonds is 30. The first kappa shape index (κ1) is 117. The van der Waals surface area contributed by atoms with E-state index in [0.29, 0.717) is 96.3 Å². The van der Waals surface area contributed by atoms with Crippen LogP contribution in [0.5, 0.6) is 0 Å². The van der Waals surface area contributed by atoms with Crippen molar-refractivity contribution in [1.29, 1.82) is 0 Å². The molecule has 28 unspecified atom stereocenters. The molecule has 17 fully saturated rings. The Bertz CT molecular complexity index is 5550. The second-order valence-corrected chi connectivity index (χ2v) is 56.7. The molecule has 0 N–H and O–H groups in total. The lowest BCUT2D eigenvalue weighted by Crippen LogP contribution is -2.47. The number of hydrogen-bond donors (Lipinski definition) is 0. The maximum Gasteiger partial charge on any atom is 0.317 e. The number of methoxy groups -OCH3 is 1. The lowest BCUT2D eigenvalue weighted by atomic mass is 9.84. The predicted octanol–water partition coefficient (Wildman–Crippen LogP) is 8.04. The topological polar surface area (TPSA) is 585 Å². The van der Waals surface area contributed by atoms with Crippen molar-refractivity contribution in [2.75, 3.05) is 45.9 Å². The van der Waals surface area contributed by atoms with E-state index in [-0.39, 0.29) is 140 Å². The lowest BCUT2D eigenvalue weighted by Gasteiger charge is -2.32. The van der Waals surface area contributed by atoms with Gasteiger partial charge in [-0.1, -0.05) is 54.9 Å². The van der Waals surface area contributed by atoms with E-state index in [1.54, 1.807) is 69.2 Å². The fraction of sp³-hybridized carbons (Fsp3) is 0.892. The summed E-state index contributed by atoms with van der Waals surface area (Å²) in [6.07, 6.45) is 4.16. The Labute approximate surface area is 840 Å². The standard InChI is InChI=1S/C18H26O9S.C15H22O7S.C15H24O6S.C12H18O6S.2C12H20O5S.C9H16O5S/c1-4-18(2,3)17(21)25-6-5-24-13(19)9-14(20)26-15-10-7-11-12(8-10)28(22,23)27-16(11)15;1-5-15(2,3)14(17)21-10-7-6-8-11(10)22-23(18,19)12(8)9(7)13(16)20-4;1-4-15(2,3)14(16)20-6-5-19-12-9-7-10-11(8-9)22(17,18)21-13(10)12;1-4-12(2,3)11(13)17-8-6-5-7-9(16-6)10(8)18-19(7,14)15;1-4-12(2,3)11(13)16-9-6-5-8-7-10(9)17-18(8,14)15;1-4-12(2,3)11(13)16-10-8-6-5-7-9(8)17-18(10,14)15;1-4-9(2,3)8(10)14-7-5-13-15(11,12)6-7/h10-12,15-16H,4-9H2,1-3H3;7-12H,5-6H2,1-4H3;9-13H,4-8H2,1-3H3;6-10H,4-5H2,1-3H3;2*8-10H,4-7H2,1-3H3;7H,4-6H2,1-3H3. The largest absolute Gasteiger partial charge is 0.469 e. The van der Waals surface area contributed by atoms with Gasteiger partial charge in [0.15, 0.2) is 6.10 Å². The van der Waals surface area contributed by atoms with Crippen molar-refractivity contribution in [3.63, 3.8) is 0 Å². The maximum absolute atomic E-state index is 12.4. The quantitative estimate of drug-likeness (QED) is 0.0216. The molecule has 43 nitrogen and oxygen atoms in total. The first-order valence-corrected chi connectivity index (χ1v) is 59.9. The van der Waals surface area contributed by atoms with E-state index in [2.05, 4.69) is 4.18 Å². The van der Waals surface area contributed by atoms with Crippen molar-refractivity contribution >= 4 is 131 Å². The third-order valence-electron chi connectivity index (χ3n) is 32.2. The minimum absolute atomic E-state index is 0.0569. The van der Waals surface area contributed by atoms with Gasteiger partial charge in [0, 0.05) is 35.5 Å². The average Bonchev–Trinajstić information content (AvgIpc) is 1.67. The molecule has 10 bridgehead atoms. The summed E-state index contributed by atoms with van der Waals surface area (Å²) < 4.78 is 263. The van der Waals surface area contributed by atoms with Crippen LogP contribution in [-0.4, -0.2) is 282 Å². The predicted molar refractivity (Wildman–Crippen MR) is 500 cm³/mol. The summed E-state index contributed by atoms with van der Waals surface area (Å²) >= 11 is 0. The Morgan fingerprint density at radius 3 is 1.29 bits per heavy atom. The van der Waals surface area contributed by atoms with Crippen LogP contribution in [0.1, 0.15) is 274 Å². The summed E-state index contributed by atoms with van der Waals surface area (Å²) in [6, 6.07) is 0. The Morgan fingerprint density at radius 1 is 0.336 bits per heavy atom. The molecule has 9 saturated heterocycles. The third-order valence-corrected chi connectivity index (χ3v) is 43.9. The fourth-order valence-electron chi connectivity index (χ4n) is 20.3. The molecule has 0 radical (unpaired) electrons. The van der Waals surface area contributed by atoms with Gasteiger partial charge in [0.1, 0.15) is 110 Å². The number of fused-ring (bicyclic) bond motifs is 7. The van der Waals surface area contributed by atoms with E-state index in [1.165, 1.54) is 7.11 Å². The molecule has 0 aromatic rings. The molecule has 0 amide bonds. The molecule has 143 heavy (non-hydrogen) atoms. The lowest BCUT2D eigenvalue weighted by molar-refractivity contribution is -0.171. The van der Waals surface area contributed by atoms with Gasteiger partial charge in [0.25, 0.3) is 60.7 Å². The second kappa shape index (κ2) is 44.1. The van der Waals surface area contributed by atoms with Crippen LogP contribution in [0.2, 0.25) is 0 Å². The van der Waals surface area contributed by atoms with Gasteiger partial charge in [-0.05, 0) is 218 Å². The molecule has 8 aliphatic carbocycles. The molecule has 17 rings (SSSR count). The monoisotopic (exact) mass is 2170 g/mol. The molecule has 8 saturated carbocycles. The van der Waals surface area contributed by atoms with Gasteiger partial charge in [-0.25, -0.2) is 0 Å². The fourth-order valence-corrected chi connectivity index (χ4v) is 32.0. The Kier molecular flexibility index (Phi) is 36.2. The molecule has 17 aliphatic rings. The Hall–Kier alpha value is -6.01. The zero-order valence-electron chi connectivity index (χ0n) is 85.5. The molecule has 9 aliphatic heterocycles. The number of hydrogen-bond acceptors (Lipinski definition) is 43. The Balaban J connectivity index is 0.000000160. The summed E-state index contributed by atoms with van der Waals surface area (Å²) in [4.78, 5) is 119. The van der Waals surface area contributed by atoms with Gasteiger partial charge in [0.05, 0.1) is 91.6 Å². The zero-order chi connectivity index (χ0) is 107. The first-order chi connectivity index (χ1) is 66.0. The molecule has 818 valence electrons. The normalized spacial score (nSPS) is 35.6. The van der Waals surface area contributed by atoms with E-state index >= 15 is 0 Å². The van der Waals surface area contributed by atoms with Gasteiger partial charge < -0.3 is 56.8 Å².